The summed E-state index contributed by atoms with van der Waals surface area (Å²) in [6.45, 7) is 5.86. The van der Waals surface area contributed by atoms with Crippen LogP contribution >= 0.6 is 11.3 Å². The lowest BCUT2D eigenvalue weighted by Crippen LogP contribution is -2.46. The van der Waals surface area contributed by atoms with E-state index in [4.69, 9.17) is 5.73 Å². The van der Waals surface area contributed by atoms with Gasteiger partial charge in [-0.2, -0.15) is 0 Å². The number of aromatic nitrogens is 1. The van der Waals surface area contributed by atoms with E-state index in [0.29, 0.717) is 12.1 Å². The van der Waals surface area contributed by atoms with Gasteiger partial charge in [-0.05, 0) is 24.8 Å². The standard InChI is InChI=1S/C18H23N3O2S/c1-11(2)10-14(17(19)22)21(4)18(23)15-16(24-12(3)20-15)13-8-6-5-7-9-13/h5-9,11,14H,10H2,1-4H3,(H2,19,22). The Morgan fingerprint density at radius 2 is 1.88 bits per heavy atom. The highest BCUT2D eigenvalue weighted by molar-refractivity contribution is 7.15. The number of nitrogens with zero attached hydrogens (tertiary/aromatic N) is 2. The molecule has 2 amide bonds. The second-order valence-electron chi connectivity index (χ2n) is 6.24. The summed E-state index contributed by atoms with van der Waals surface area (Å²) in [7, 11) is 1.61. The van der Waals surface area contributed by atoms with E-state index in [9.17, 15) is 9.59 Å². The number of aryl methyl sites for hydroxylation is 1. The van der Waals surface area contributed by atoms with Crippen molar-refractivity contribution < 1.29 is 9.59 Å². The van der Waals surface area contributed by atoms with E-state index in [-0.39, 0.29) is 11.8 Å². The quantitative estimate of drug-likeness (QED) is 0.874. The minimum atomic E-state index is -0.636. The Bertz CT molecular complexity index is 725. The van der Waals surface area contributed by atoms with Crippen LogP contribution in [0.1, 0.15) is 35.8 Å². The summed E-state index contributed by atoms with van der Waals surface area (Å²) in [4.78, 5) is 31.4. The number of benzene rings is 1. The van der Waals surface area contributed by atoms with Crippen molar-refractivity contribution in [3.8, 4) is 10.4 Å². The molecule has 0 aliphatic rings. The molecule has 0 fully saturated rings. The summed E-state index contributed by atoms with van der Waals surface area (Å²) in [6.07, 6.45) is 0.529. The van der Waals surface area contributed by atoms with Crippen LogP contribution in [0.4, 0.5) is 0 Å². The monoisotopic (exact) mass is 345 g/mol. The summed E-state index contributed by atoms with van der Waals surface area (Å²) in [6, 6.07) is 9.03. The number of amides is 2. The predicted octanol–water partition coefficient (Wildman–Crippen LogP) is 3.09. The first-order chi connectivity index (χ1) is 11.3. The third kappa shape index (κ3) is 4.00. The summed E-state index contributed by atoms with van der Waals surface area (Å²) in [5.41, 5.74) is 6.83. The van der Waals surface area contributed by atoms with Crippen molar-refractivity contribution in [1.82, 2.24) is 9.88 Å². The molecule has 0 spiro atoms. The van der Waals surface area contributed by atoms with Crippen molar-refractivity contribution in [1.29, 1.82) is 0 Å². The zero-order valence-corrected chi connectivity index (χ0v) is 15.3. The van der Waals surface area contributed by atoms with E-state index < -0.39 is 11.9 Å². The molecule has 0 saturated carbocycles. The maximum absolute atomic E-state index is 12.9. The predicted molar refractivity (Wildman–Crippen MR) is 96.8 cm³/mol. The van der Waals surface area contributed by atoms with E-state index in [1.165, 1.54) is 16.2 Å². The molecular formula is C18H23N3O2S. The first-order valence-corrected chi connectivity index (χ1v) is 8.72. The summed E-state index contributed by atoms with van der Waals surface area (Å²) in [5, 5.41) is 0.810. The molecule has 0 aliphatic heterocycles. The smallest absolute Gasteiger partial charge is 0.274 e. The second kappa shape index (κ2) is 7.57. The zero-order chi connectivity index (χ0) is 17.9. The number of carbonyl (C=O) groups excluding carboxylic acids is 2. The molecule has 6 heteroatoms. The topological polar surface area (TPSA) is 76.3 Å². The van der Waals surface area contributed by atoms with Crippen molar-refractivity contribution in [3.63, 3.8) is 0 Å². The van der Waals surface area contributed by atoms with Crippen LogP contribution in [0.2, 0.25) is 0 Å². The molecule has 2 aromatic rings. The van der Waals surface area contributed by atoms with E-state index >= 15 is 0 Å². The highest BCUT2D eigenvalue weighted by Gasteiger charge is 2.29. The highest BCUT2D eigenvalue weighted by Crippen LogP contribution is 2.31. The molecule has 1 unspecified atom stereocenters. The van der Waals surface area contributed by atoms with Gasteiger partial charge in [0.15, 0.2) is 0 Å². The largest absolute Gasteiger partial charge is 0.368 e. The Labute approximate surface area is 146 Å². The Balaban J connectivity index is 2.37. The average molecular weight is 345 g/mol. The van der Waals surface area contributed by atoms with Gasteiger partial charge in [0, 0.05) is 7.05 Å². The van der Waals surface area contributed by atoms with Crippen molar-refractivity contribution in [2.24, 2.45) is 11.7 Å². The lowest BCUT2D eigenvalue weighted by Gasteiger charge is -2.26. The number of nitrogens with two attached hydrogens (primary N) is 1. The molecule has 5 nitrogen and oxygen atoms in total. The average Bonchev–Trinajstić information content (AvgIpc) is 2.93. The van der Waals surface area contributed by atoms with E-state index in [0.717, 1.165) is 15.4 Å². The fourth-order valence-corrected chi connectivity index (χ4v) is 3.49. The molecule has 24 heavy (non-hydrogen) atoms. The summed E-state index contributed by atoms with van der Waals surface area (Å²) >= 11 is 1.47. The van der Waals surface area contributed by atoms with E-state index in [1.54, 1.807) is 7.05 Å². The van der Waals surface area contributed by atoms with Crippen LogP contribution in [0.3, 0.4) is 0 Å². The molecule has 0 saturated heterocycles. The van der Waals surface area contributed by atoms with Crippen LogP contribution in [0.25, 0.3) is 10.4 Å². The van der Waals surface area contributed by atoms with Crippen molar-refractivity contribution >= 4 is 23.2 Å². The third-order valence-electron chi connectivity index (χ3n) is 3.78. The van der Waals surface area contributed by atoms with Crippen LogP contribution in [0, 0.1) is 12.8 Å². The number of carbonyl (C=O) groups is 2. The third-order valence-corrected chi connectivity index (χ3v) is 4.80. The molecule has 1 aromatic carbocycles. The van der Waals surface area contributed by atoms with Gasteiger partial charge in [0.2, 0.25) is 5.91 Å². The van der Waals surface area contributed by atoms with Gasteiger partial charge in [0.1, 0.15) is 11.7 Å². The Morgan fingerprint density at radius 3 is 2.42 bits per heavy atom. The maximum atomic E-state index is 12.9. The number of primary amides is 1. The molecule has 2 rings (SSSR count). The molecule has 2 N–H and O–H groups in total. The normalized spacial score (nSPS) is 12.2. The van der Waals surface area contributed by atoms with Gasteiger partial charge in [0.25, 0.3) is 5.91 Å². The van der Waals surface area contributed by atoms with Gasteiger partial charge in [-0.25, -0.2) is 4.98 Å². The summed E-state index contributed by atoms with van der Waals surface area (Å²) in [5.74, 6) is -0.515. The van der Waals surface area contributed by atoms with Gasteiger partial charge >= 0.3 is 0 Å². The molecule has 1 heterocycles. The first-order valence-electron chi connectivity index (χ1n) is 7.90. The number of likely N-dealkylation sites (N-methyl/N-ethyl adjacent to an activating group) is 1. The van der Waals surface area contributed by atoms with Gasteiger partial charge < -0.3 is 10.6 Å². The Hall–Kier alpha value is -2.21. The molecule has 128 valence electrons. The Kier molecular flexibility index (Phi) is 5.72. The van der Waals surface area contributed by atoms with Gasteiger partial charge in [-0.1, -0.05) is 44.2 Å². The molecule has 0 radical (unpaired) electrons. The van der Waals surface area contributed by atoms with E-state index in [2.05, 4.69) is 4.98 Å². The van der Waals surface area contributed by atoms with Gasteiger partial charge in [0.05, 0.1) is 9.88 Å². The Morgan fingerprint density at radius 1 is 1.25 bits per heavy atom. The van der Waals surface area contributed by atoms with Crippen LogP contribution in [-0.4, -0.2) is 34.8 Å². The van der Waals surface area contributed by atoms with Gasteiger partial charge in [-0.15, -0.1) is 11.3 Å². The molecule has 1 aromatic heterocycles. The number of hydrogen-bond acceptors (Lipinski definition) is 4. The lowest BCUT2D eigenvalue weighted by molar-refractivity contribution is -0.122. The highest BCUT2D eigenvalue weighted by atomic mass is 32.1. The van der Waals surface area contributed by atoms with Crippen LogP contribution in [-0.2, 0) is 4.79 Å². The molecular weight excluding hydrogens is 322 g/mol. The van der Waals surface area contributed by atoms with Crippen LogP contribution in [0.15, 0.2) is 30.3 Å². The van der Waals surface area contributed by atoms with Crippen molar-refractivity contribution in [2.75, 3.05) is 7.05 Å². The minimum Gasteiger partial charge on any atom is -0.368 e. The van der Waals surface area contributed by atoms with Crippen molar-refractivity contribution in [3.05, 3.63) is 41.0 Å². The number of hydrogen-bond donors (Lipinski definition) is 1. The van der Waals surface area contributed by atoms with Crippen LogP contribution < -0.4 is 5.73 Å². The molecule has 0 bridgehead atoms. The van der Waals surface area contributed by atoms with Gasteiger partial charge in [-0.3, -0.25) is 9.59 Å². The first kappa shape index (κ1) is 18.1. The summed E-state index contributed by atoms with van der Waals surface area (Å²) < 4.78 is 0. The molecule has 0 aliphatic carbocycles. The fraction of sp³-hybridized carbons (Fsp3) is 0.389. The van der Waals surface area contributed by atoms with Crippen molar-refractivity contribution in [2.45, 2.75) is 33.2 Å². The zero-order valence-electron chi connectivity index (χ0n) is 14.4. The number of rotatable bonds is 6. The van der Waals surface area contributed by atoms with E-state index in [1.807, 2.05) is 51.1 Å². The molecule has 1 atom stereocenters. The lowest BCUT2D eigenvalue weighted by atomic mass is 10.0. The second-order valence-corrected chi connectivity index (χ2v) is 7.44. The maximum Gasteiger partial charge on any atom is 0.274 e. The number of thiazole rings is 1. The minimum absolute atomic E-state index is 0.253. The SMILES string of the molecule is Cc1nc(C(=O)N(C)C(CC(C)C)C(N)=O)c(-c2ccccc2)s1. The van der Waals surface area contributed by atoms with Crippen LogP contribution in [0.5, 0.6) is 0 Å². The fourth-order valence-electron chi connectivity index (χ4n) is 2.58.